The molecule has 2 heterocycles. The standard InChI is InChI=1S/C16H17F3N4O3S/c1-4-24-10-7-9(8-11(25-5-2)12(10)26-6-3)13-22-23-14(16(17,18)19)20-21-15(23)27-13/h7-8H,4-6H2,1-3H3. The number of hydrogen-bond acceptors (Lipinski definition) is 7. The Kier molecular flexibility index (Phi) is 5.40. The highest BCUT2D eigenvalue weighted by molar-refractivity contribution is 7.19. The SMILES string of the molecule is CCOc1cc(-c2nn3c(C(F)(F)F)nnc3s2)cc(OCC)c1OCC. The van der Waals surface area contributed by atoms with Gasteiger partial charge in [-0.25, -0.2) is 0 Å². The summed E-state index contributed by atoms with van der Waals surface area (Å²) in [6.07, 6.45) is -4.64. The van der Waals surface area contributed by atoms with E-state index >= 15 is 0 Å². The quantitative estimate of drug-likeness (QED) is 0.593. The highest BCUT2D eigenvalue weighted by Crippen LogP contribution is 2.43. The lowest BCUT2D eigenvalue weighted by Crippen LogP contribution is -2.11. The molecule has 3 aromatic rings. The van der Waals surface area contributed by atoms with Crippen molar-refractivity contribution in [2.45, 2.75) is 26.9 Å². The average molecular weight is 402 g/mol. The minimum Gasteiger partial charge on any atom is -0.490 e. The second kappa shape index (κ2) is 7.59. The summed E-state index contributed by atoms with van der Waals surface area (Å²) in [4.78, 5) is 0.0436. The van der Waals surface area contributed by atoms with Gasteiger partial charge in [0.1, 0.15) is 5.01 Å². The number of halogens is 3. The van der Waals surface area contributed by atoms with Gasteiger partial charge in [0, 0.05) is 5.56 Å². The third kappa shape index (κ3) is 3.77. The topological polar surface area (TPSA) is 70.8 Å². The van der Waals surface area contributed by atoms with Gasteiger partial charge >= 0.3 is 6.18 Å². The fourth-order valence-corrected chi connectivity index (χ4v) is 3.25. The van der Waals surface area contributed by atoms with Crippen LogP contribution in [-0.4, -0.2) is 39.6 Å². The van der Waals surface area contributed by atoms with Crippen molar-refractivity contribution < 1.29 is 27.4 Å². The van der Waals surface area contributed by atoms with Gasteiger partial charge in [-0.3, -0.25) is 0 Å². The van der Waals surface area contributed by atoms with Crippen LogP contribution in [0.2, 0.25) is 0 Å². The summed E-state index contributed by atoms with van der Waals surface area (Å²) in [6, 6.07) is 3.33. The van der Waals surface area contributed by atoms with Crippen LogP contribution in [0.3, 0.4) is 0 Å². The van der Waals surface area contributed by atoms with Crippen LogP contribution < -0.4 is 14.2 Å². The lowest BCUT2D eigenvalue weighted by atomic mass is 10.2. The Labute approximate surface area is 156 Å². The zero-order valence-corrected chi connectivity index (χ0v) is 15.6. The fourth-order valence-electron chi connectivity index (χ4n) is 2.42. The van der Waals surface area contributed by atoms with Crippen molar-refractivity contribution in [2.24, 2.45) is 0 Å². The van der Waals surface area contributed by atoms with Gasteiger partial charge in [-0.1, -0.05) is 11.3 Å². The predicted molar refractivity (Wildman–Crippen MR) is 92.6 cm³/mol. The van der Waals surface area contributed by atoms with Crippen LogP contribution >= 0.6 is 11.3 Å². The minimum atomic E-state index is -4.64. The van der Waals surface area contributed by atoms with E-state index in [-0.39, 0.29) is 4.96 Å². The maximum absolute atomic E-state index is 13.0. The number of rotatable bonds is 7. The van der Waals surface area contributed by atoms with Crippen molar-refractivity contribution in [1.82, 2.24) is 19.8 Å². The summed E-state index contributed by atoms with van der Waals surface area (Å²) in [6.45, 7) is 6.66. The van der Waals surface area contributed by atoms with Gasteiger partial charge in [0.2, 0.25) is 10.7 Å². The number of benzene rings is 1. The highest BCUT2D eigenvalue weighted by Gasteiger charge is 2.38. The first-order chi connectivity index (χ1) is 12.9. The smallest absolute Gasteiger partial charge is 0.453 e. The van der Waals surface area contributed by atoms with Crippen LogP contribution in [0.5, 0.6) is 17.2 Å². The molecule has 0 aliphatic rings. The monoisotopic (exact) mass is 402 g/mol. The maximum atomic E-state index is 13.0. The molecule has 0 spiro atoms. The van der Waals surface area contributed by atoms with E-state index in [1.54, 1.807) is 12.1 Å². The Morgan fingerprint density at radius 2 is 1.56 bits per heavy atom. The fraction of sp³-hybridized carbons (Fsp3) is 0.438. The Bertz CT molecular complexity index is 912. The third-order valence-corrected chi connectivity index (χ3v) is 4.35. The van der Waals surface area contributed by atoms with Crippen molar-refractivity contribution in [3.8, 4) is 27.8 Å². The molecule has 0 aliphatic carbocycles. The average Bonchev–Trinajstić information content (AvgIpc) is 3.17. The van der Waals surface area contributed by atoms with Gasteiger partial charge in [-0.05, 0) is 32.9 Å². The first kappa shape index (κ1) is 19.2. The molecule has 0 radical (unpaired) electrons. The molecule has 3 rings (SSSR count). The summed E-state index contributed by atoms with van der Waals surface area (Å²) >= 11 is 0.986. The highest BCUT2D eigenvalue weighted by atomic mass is 32.1. The molecule has 0 unspecified atom stereocenters. The Morgan fingerprint density at radius 1 is 0.963 bits per heavy atom. The molecule has 1 aromatic carbocycles. The van der Waals surface area contributed by atoms with Gasteiger partial charge in [-0.15, -0.1) is 10.2 Å². The number of hydrogen-bond donors (Lipinski definition) is 0. The minimum absolute atomic E-state index is 0.0436. The second-order valence-electron chi connectivity index (χ2n) is 5.22. The lowest BCUT2D eigenvalue weighted by molar-refractivity contribution is -0.146. The van der Waals surface area contributed by atoms with Crippen LogP contribution in [0.4, 0.5) is 13.2 Å². The summed E-state index contributed by atoms with van der Waals surface area (Å²) in [5.41, 5.74) is 0.536. The largest absolute Gasteiger partial charge is 0.490 e. The van der Waals surface area contributed by atoms with Crippen LogP contribution in [0.25, 0.3) is 15.5 Å². The Morgan fingerprint density at radius 3 is 2.07 bits per heavy atom. The molecule has 0 saturated carbocycles. The molecule has 0 N–H and O–H groups in total. The third-order valence-electron chi connectivity index (χ3n) is 3.40. The maximum Gasteiger partial charge on any atom is 0.453 e. The summed E-state index contributed by atoms with van der Waals surface area (Å²) in [5, 5.41) is 11.1. The van der Waals surface area contributed by atoms with Crippen molar-refractivity contribution in [3.63, 3.8) is 0 Å². The van der Waals surface area contributed by atoms with Crippen molar-refractivity contribution in [1.29, 1.82) is 0 Å². The van der Waals surface area contributed by atoms with E-state index in [1.807, 2.05) is 20.8 Å². The van der Waals surface area contributed by atoms with Crippen molar-refractivity contribution in [3.05, 3.63) is 18.0 Å². The molecule has 146 valence electrons. The van der Waals surface area contributed by atoms with Gasteiger partial charge in [-0.2, -0.15) is 22.8 Å². The van der Waals surface area contributed by atoms with Gasteiger partial charge < -0.3 is 14.2 Å². The zero-order valence-electron chi connectivity index (χ0n) is 14.8. The number of nitrogens with zero attached hydrogens (tertiary/aromatic N) is 4. The molecule has 11 heteroatoms. The van der Waals surface area contributed by atoms with E-state index in [0.29, 0.717) is 52.2 Å². The number of alkyl halides is 3. The molecular formula is C16H17F3N4O3S. The molecular weight excluding hydrogens is 385 g/mol. The number of fused-ring (bicyclic) bond motifs is 1. The van der Waals surface area contributed by atoms with Crippen LogP contribution in [0.15, 0.2) is 12.1 Å². The molecule has 7 nitrogen and oxygen atoms in total. The molecule has 2 aromatic heterocycles. The summed E-state index contributed by atoms with van der Waals surface area (Å²) in [5.74, 6) is 0.148. The number of ether oxygens (including phenoxy) is 3. The van der Waals surface area contributed by atoms with Crippen LogP contribution in [-0.2, 0) is 6.18 Å². The van der Waals surface area contributed by atoms with Crippen molar-refractivity contribution >= 4 is 16.3 Å². The van der Waals surface area contributed by atoms with E-state index in [1.165, 1.54) is 0 Å². The van der Waals surface area contributed by atoms with E-state index in [4.69, 9.17) is 14.2 Å². The Hall–Kier alpha value is -2.56. The molecule has 0 fully saturated rings. The molecule has 27 heavy (non-hydrogen) atoms. The lowest BCUT2D eigenvalue weighted by Gasteiger charge is -2.16. The van der Waals surface area contributed by atoms with E-state index in [0.717, 1.165) is 11.3 Å². The van der Waals surface area contributed by atoms with Crippen molar-refractivity contribution in [2.75, 3.05) is 19.8 Å². The van der Waals surface area contributed by atoms with Crippen LogP contribution in [0, 0.1) is 0 Å². The molecule has 0 aliphatic heterocycles. The van der Waals surface area contributed by atoms with Gasteiger partial charge in [0.05, 0.1) is 19.8 Å². The molecule has 0 bridgehead atoms. The first-order valence-corrected chi connectivity index (χ1v) is 9.06. The van der Waals surface area contributed by atoms with Gasteiger partial charge in [0.25, 0.3) is 5.82 Å². The molecule has 0 saturated heterocycles. The van der Waals surface area contributed by atoms with Crippen LogP contribution in [0.1, 0.15) is 26.6 Å². The second-order valence-corrected chi connectivity index (χ2v) is 6.18. The van der Waals surface area contributed by atoms with E-state index in [9.17, 15) is 13.2 Å². The predicted octanol–water partition coefficient (Wildman–Crippen LogP) is 4.07. The summed E-state index contributed by atoms with van der Waals surface area (Å²) < 4.78 is 56.6. The number of aromatic nitrogens is 4. The zero-order chi connectivity index (χ0) is 19.6. The molecule has 0 atom stereocenters. The van der Waals surface area contributed by atoms with E-state index < -0.39 is 12.0 Å². The first-order valence-electron chi connectivity index (χ1n) is 8.25. The normalized spacial score (nSPS) is 11.8. The molecule has 0 amide bonds. The Balaban J connectivity index is 2.13. The summed E-state index contributed by atoms with van der Waals surface area (Å²) in [7, 11) is 0. The van der Waals surface area contributed by atoms with Gasteiger partial charge in [0.15, 0.2) is 11.5 Å². The van der Waals surface area contributed by atoms with E-state index in [2.05, 4.69) is 15.3 Å².